The number of fused-ring (bicyclic) bond motifs is 1. The van der Waals surface area contributed by atoms with Crippen molar-refractivity contribution in [3.63, 3.8) is 0 Å². The summed E-state index contributed by atoms with van der Waals surface area (Å²) < 4.78 is 16.4. The van der Waals surface area contributed by atoms with Gasteiger partial charge < -0.3 is 19.5 Å². The van der Waals surface area contributed by atoms with Gasteiger partial charge in [-0.2, -0.15) is 0 Å². The fraction of sp³-hybridized carbons (Fsp3) is 0.667. The average Bonchev–Trinajstić information content (AvgIpc) is 3.20. The Morgan fingerprint density at radius 3 is 2.77 bits per heavy atom. The van der Waals surface area contributed by atoms with Gasteiger partial charge in [0, 0.05) is 18.5 Å². The molecule has 1 saturated heterocycles. The van der Waals surface area contributed by atoms with Crippen LogP contribution < -0.4 is 14.8 Å². The van der Waals surface area contributed by atoms with E-state index < -0.39 is 0 Å². The summed E-state index contributed by atoms with van der Waals surface area (Å²) >= 11 is 0. The van der Waals surface area contributed by atoms with Gasteiger partial charge in [-0.15, -0.1) is 0 Å². The van der Waals surface area contributed by atoms with Gasteiger partial charge in [0.2, 0.25) is 6.79 Å². The van der Waals surface area contributed by atoms with Gasteiger partial charge in [0.25, 0.3) is 0 Å². The van der Waals surface area contributed by atoms with E-state index in [4.69, 9.17) is 14.2 Å². The third-order valence-electron chi connectivity index (χ3n) is 5.55. The summed E-state index contributed by atoms with van der Waals surface area (Å²) in [4.78, 5) is 12.8. The molecule has 0 radical (unpaired) electrons. The normalized spacial score (nSPS) is 24.7. The molecule has 0 unspecified atom stereocenters. The van der Waals surface area contributed by atoms with E-state index in [9.17, 15) is 4.79 Å². The molecule has 0 aromatic heterocycles. The van der Waals surface area contributed by atoms with Crippen LogP contribution in [0.2, 0.25) is 0 Å². The molecule has 1 N–H and O–H groups in total. The highest BCUT2D eigenvalue weighted by molar-refractivity contribution is 5.75. The van der Waals surface area contributed by atoms with Gasteiger partial charge in [0.05, 0.1) is 12.5 Å². The Hall–Kier alpha value is -1.75. The minimum absolute atomic E-state index is 0.0889. The summed E-state index contributed by atoms with van der Waals surface area (Å²) in [5.41, 5.74) is 1.30. The lowest BCUT2D eigenvalue weighted by atomic mass is 9.76. The summed E-state index contributed by atoms with van der Waals surface area (Å²) in [6.45, 7) is 10.1. The fourth-order valence-electron chi connectivity index (χ4n) is 4.42. The highest BCUT2D eigenvalue weighted by Crippen LogP contribution is 2.42. The third kappa shape index (κ3) is 3.98. The van der Waals surface area contributed by atoms with Gasteiger partial charge in [-0.05, 0) is 42.9 Å². The molecule has 144 valence electrons. The van der Waals surface area contributed by atoms with Crippen molar-refractivity contribution in [2.45, 2.75) is 58.9 Å². The number of hydrogen-bond acceptors (Lipinski definition) is 5. The Kier molecular flexibility index (Phi) is 5.76. The first kappa shape index (κ1) is 19.0. The largest absolute Gasteiger partial charge is 0.466 e. The first-order valence-corrected chi connectivity index (χ1v) is 9.74. The highest BCUT2D eigenvalue weighted by Gasteiger charge is 2.44. The van der Waals surface area contributed by atoms with Crippen molar-refractivity contribution in [3.05, 3.63) is 23.8 Å². The summed E-state index contributed by atoms with van der Waals surface area (Å²) in [7, 11) is 0. The molecule has 5 nitrogen and oxygen atoms in total. The van der Waals surface area contributed by atoms with Crippen LogP contribution in [0.5, 0.6) is 11.5 Å². The molecule has 26 heavy (non-hydrogen) atoms. The molecule has 0 amide bonds. The number of benzene rings is 1. The second kappa shape index (κ2) is 7.87. The zero-order valence-electron chi connectivity index (χ0n) is 16.3. The van der Waals surface area contributed by atoms with Gasteiger partial charge in [-0.3, -0.25) is 4.79 Å². The molecule has 3 atom stereocenters. The molecule has 0 bridgehead atoms. The van der Waals surface area contributed by atoms with Crippen LogP contribution in [0.1, 0.15) is 58.4 Å². The Bertz CT molecular complexity index is 643. The summed E-state index contributed by atoms with van der Waals surface area (Å²) in [5.74, 6) is 1.35. The lowest BCUT2D eigenvalue weighted by Crippen LogP contribution is -2.37. The van der Waals surface area contributed by atoms with Gasteiger partial charge in [-0.25, -0.2) is 0 Å². The van der Waals surface area contributed by atoms with Crippen LogP contribution in [-0.2, 0) is 9.53 Å². The van der Waals surface area contributed by atoms with Crippen LogP contribution in [0.15, 0.2) is 18.2 Å². The highest BCUT2D eigenvalue weighted by atomic mass is 16.7. The molecule has 1 fully saturated rings. The van der Waals surface area contributed by atoms with Gasteiger partial charge in [-0.1, -0.05) is 33.3 Å². The third-order valence-corrected chi connectivity index (χ3v) is 5.55. The number of rotatable bonds is 7. The van der Waals surface area contributed by atoms with Crippen LogP contribution in [0.3, 0.4) is 0 Å². The molecule has 1 aromatic carbocycles. The summed E-state index contributed by atoms with van der Waals surface area (Å²) in [6, 6.07) is 6.13. The predicted molar refractivity (Wildman–Crippen MR) is 101 cm³/mol. The van der Waals surface area contributed by atoms with Crippen molar-refractivity contribution in [1.29, 1.82) is 0 Å². The molecule has 1 aromatic rings. The number of carbonyl (C=O) groups is 1. The molecule has 0 spiro atoms. The Labute approximate surface area is 156 Å². The average molecular weight is 361 g/mol. The van der Waals surface area contributed by atoms with Crippen molar-refractivity contribution < 1.29 is 19.0 Å². The van der Waals surface area contributed by atoms with E-state index in [0.717, 1.165) is 42.9 Å². The second-order valence-electron chi connectivity index (χ2n) is 8.13. The zero-order valence-corrected chi connectivity index (χ0v) is 16.3. The quantitative estimate of drug-likeness (QED) is 0.747. The monoisotopic (exact) mass is 361 g/mol. The summed E-state index contributed by atoms with van der Waals surface area (Å²) in [6.07, 6.45) is 3.26. The van der Waals surface area contributed by atoms with Crippen LogP contribution in [-0.4, -0.2) is 32.0 Å². The molecule has 0 aliphatic carbocycles. The predicted octanol–water partition coefficient (Wildman–Crippen LogP) is 3.87. The Morgan fingerprint density at radius 1 is 1.27 bits per heavy atom. The van der Waals surface area contributed by atoms with E-state index in [0.29, 0.717) is 6.61 Å². The molecule has 5 heteroatoms. The molecule has 0 saturated carbocycles. The van der Waals surface area contributed by atoms with Gasteiger partial charge in [0.1, 0.15) is 0 Å². The van der Waals surface area contributed by atoms with E-state index in [-0.39, 0.29) is 36.1 Å². The summed E-state index contributed by atoms with van der Waals surface area (Å²) in [5, 5.41) is 3.60. The lowest BCUT2D eigenvalue weighted by Gasteiger charge is -2.31. The minimum atomic E-state index is -0.175. The van der Waals surface area contributed by atoms with Crippen molar-refractivity contribution in [3.8, 4) is 11.5 Å². The van der Waals surface area contributed by atoms with Crippen molar-refractivity contribution >= 4 is 5.97 Å². The maximum atomic E-state index is 12.8. The van der Waals surface area contributed by atoms with Crippen molar-refractivity contribution in [1.82, 2.24) is 5.32 Å². The van der Waals surface area contributed by atoms with Crippen LogP contribution in [0.25, 0.3) is 0 Å². The number of nitrogens with one attached hydrogen (secondary N) is 1. The van der Waals surface area contributed by atoms with Crippen LogP contribution in [0, 0.1) is 11.3 Å². The SMILES string of the molecule is CCCC(C)(C)C[C@@H]1NC[C@H](c2ccc3c(c2)OCO3)[C@H]1C(=O)OCC. The maximum Gasteiger partial charge on any atom is 0.311 e. The molecule has 2 aliphatic heterocycles. The minimum Gasteiger partial charge on any atom is -0.466 e. The molecular formula is C21H31NO4. The van der Waals surface area contributed by atoms with E-state index in [1.54, 1.807) is 0 Å². The number of hydrogen-bond donors (Lipinski definition) is 1. The molecule has 2 aliphatic rings. The zero-order chi connectivity index (χ0) is 18.7. The maximum absolute atomic E-state index is 12.8. The Balaban J connectivity index is 1.83. The van der Waals surface area contributed by atoms with Crippen LogP contribution in [0.4, 0.5) is 0 Å². The molecule has 3 rings (SSSR count). The smallest absolute Gasteiger partial charge is 0.311 e. The topological polar surface area (TPSA) is 56.8 Å². The van der Waals surface area contributed by atoms with E-state index >= 15 is 0 Å². The van der Waals surface area contributed by atoms with Crippen LogP contribution >= 0.6 is 0 Å². The van der Waals surface area contributed by atoms with Gasteiger partial charge >= 0.3 is 5.97 Å². The van der Waals surface area contributed by atoms with Gasteiger partial charge in [0.15, 0.2) is 11.5 Å². The number of esters is 1. The van der Waals surface area contributed by atoms with Crippen molar-refractivity contribution in [2.75, 3.05) is 19.9 Å². The van der Waals surface area contributed by atoms with E-state index in [1.165, 1.54) is 0 Å². The first-order chi connectivity index (χ1) is 12.4. The number of carbonyl (C=O) groups excluding carboxylic acids is 1. The Morgan fingerprint density at radius 2 is 2.04 bits per heavy atom. The molecule has 2 heterocycles. The molecular weight excluding hydrogens is 330 g/mol. The number of ether oxygens (including phenoxy) is 3. The fourth-order valence-corrected chi connectivity index (χ4v) is 4.42. The van der Waals surface area contributed by atoms with E-state index in [2.05, 4.69) is 26.1 Å². The standard InChI is InChI=1S/C21H31NO4/c1-5-9-21(3,4)11-16-19(20(23)24-6-2)15(12-22-16)14-7-8-17-18(10-14)26-13-25-17/h7-8,10,15-16,19,22H,5-6,9,11-13H2,1-4H3/t15-,16+,19-/m1/s1. The lowest BCUT2D eigenvalue weighted by molar-refractivity contribution is -0.149. The van der Waals surface area contributed by atoms with E-state index in [1.807, 2.05) is 25.1 Å². The van der Waals surface area contributed by atoms with Crippen molar-refractivity contribution in [2.24, 2.45) is 11.3 Å². The second-order valence-corrected chi connectivity index (χ2v) is 8.13. The first-order valence-electron chi connectivity index (χ1n) is 9.74.